The van der Waals surface area contributed by atoms with Crippen molar-refractivity contribution in [2.75, 3.05) is 6.54 Å². The molecule has 2 N–H and O–H groups in total. The van der Waals surface area contributed by atoms with Crippen molar-refractivity contribution in [3.05, 3.63) is 64.1 Å². The third-order valence-corrected chi connectivity index (χ3v) is 4.90. The molecule has 0 saturated heterocycles. The van der Waals surface area contributed by atoms with Crippen LogP contribution in [0.4, 0.5) is 0 Å². The Morgan fingerprint density at radius 2 is 2.04 bits per heavy atom. The van der Waals surface area contributed by atoms with Gasteiger partial charge in [-0.1, -0.05) is 28.9 Å². The normalized spacial score (nSPS) is 13.6. The highest BCUT2D eigenvalue weighted by Gasteiger charge is 2.25. The van der Waals surface area contributed by atoms with Crippen molar-refractivity contribution < 1.29 is 14.1 Å². The van der Waals surface area contributed by atoms with Crippen LogP contribution in [0.3, 0.4) is 0 Å². The van der Waals surface area contributed by atoms with Crippen LogP contribution in [0, 0.1) is 12.8 Å². The minimum Gasteiger partial charge on any atom is -0.360 e. The van der Waals surface area contributed by atoms with Gasteiger partial charge in [0.2, 0.25) is 0 Å². The number of hydrogen-bond acceptors (Lipinski definition) is 4. The summed E-state index contributed by atoms with van der Waals surface area (Å²) in [6.45, 7) is 2.36. The fraction of sp³-hybridized carbons (Fsp3) is 0.250. The molecule has 2 heterocycles. The van der Waals surface area contributed by atoms with Gasteiger partial charge in [0.05, 0.1) is 5.56 Å². The molecule has 1 amide bonds. The summed E-state index contributed by atoms with van der Waals surface area (Å²) in [5.74, 6) is 0.551. The van der Waals surface area contributed by atoms with Gasteiger partial charge in [0.25, 0.3) is 5.91 Å². The standard InChI is InChI=1S/C20H18ClN3O3/c1-11-17(18(24-27-11)13-4-6-15(21)7-5-13)19(25)14-8-16(22-10-14)20(26)23-9-12-2-3-12/h4-8,10,12,22H,2-3,9H2,1H3,(H,23,26). The Hall–Kier alpha value is -2.86. The zero-order valence-corrected chi connectivity index (χ0v) is 15.5. The number of rotatable bonds is 6. The number of aromatic nitrogens is 2. The van der Waals surface area contributed by atoms with E-state index in [9.17, 15) is 9.59 Å². The molecular formula is C20H18ClN3O3. The molecule has 1 fully saturated rings. The monoisotopic (exact) mass is 383 g/mol. The van der Waals surface area contributed by atoms with E-state index in [0.717, 1.165) is 18.4 Å². The summed E-state index contributed by atoms with van der Waals surface area (Å²) in [6, 6.07) is 8.58. The molecule has 1 aliphatic rings. The molecule has 138 valence electrons. The second-order valence-electron chi connectivity index (χ2n) is 6.75. The highest BCUT2D eigenvalue weighted by atomic mass is 35.5. The number of H-pyrrole nitrogens is 1. The first kappa shape index (κ1) is 17.5. The van der Waals surface area contributed by atoms with E-state index in [1.165, 1.54) is 6.20 Å². The van der Waals surface area contributed by atoms with Gasteiger partial charge in [-0.05, 0) is 43.9 Å². The zero-order valence-electron chi connectivity index (χ0n) is 14.7. The molecule has 0 aliphatic heterocycles. The third-order valence-electron chi connectivity index (χ3n) is 4.65. The second-order valence-corrected chi connectivity index (χ2v) is 7.19. The molecule has 3 aromatic rings. The lowest BCUT2D eigenvalue weighted by atomic mass is 9.99. The van der Waals surface area contributed by atoms with Crippen LogP contribution >= 0.6 is 11.6 Å². The minimum atomic E-state index is -0.254. The van der Waals surface area contributed by atoms with Gasteiger partial charge in [0, 0.05) is 28.9 Å². The van der Waals surface area contributed by atoms with E-state index in [2.05, 4.69) is 15.5 Å². The van der Waals surface area contributed by atoms with Crippen LogP contribution in [-0.4, -0.2) is 28.4 Å². The summed E-state index contributed by atoms with van der Waals surface area (Å²) in [4.78, 5) is 28.1. The first-order chi connectivity index (χ1) is 13.0. The Labute approximate surface area is 160 Å². The number of halogens is 1. The number of carbonyl (C=O) groups excluding carboxylic acids is 2. The summed E-state index contributed by atoms with van der Waals surface area (Å²) < 4.78 is 5.26. The average molecular weight is 384 g/mol. The smallest absolute Gasteiger partial charge is 0.267 e. The zero-order chi connectivity index (χ0) is 19.0. The van der Waals surface area contributed by atoms with Crippen molar-refractivity contribution in [1.82, 2.24) is 15.5 Å². The molecule has 0 bridgehead atoms. The summed E-state index contributed by atoms with van der Waals surface area (Å²) in [6.07, 6.45) is 3.86. The number of ketones is 1. The van der Waals surface area contributed by atoms with Gasteiger partial charge in [-0.3, -0.25) is 9.59 Å². The number of carbonyl (C=O) groups is 2. The molecule has 6 nitrogen and oxygen atoms in total. The quantitative estimate of drug-likeness (QED) is 0.629. The first-order valence-electron chi connectivity index (χ1n) is 8.76. The van der Waals surface area contributed by atoms with Crippen molar-refractivity contribution in [3.8, 4) is 11.3 Å². The van der Waals surface area contributed by atoms with Crippen LogP contribution in [-0.2, 0) is 0 Å². The molecule has 0 spiro atoms. The van der Waals surface area contributed by atoms with Gasteiger partial charge in [-0.15, -0.1) is 0 Å². The SMILES string of the molecule is Cc1onc(-c2ccc(Cl)cc2)c1C(=O)c1c[nH]c(C(=O)NCC2CC2)c1. The van der Waals surface area contributed by atoms with Crippen LogP contribution < -0.4 is 5.32 Å². The summed E-state index contributed by atoms with van der Waals surface area (Å²) in [5, 5.41) is 7.51. The maximum absolute atomic E-state index is 13.0. The van der Waals surface area contributed by atoms with E-state index >= 15 is 0 Å². The summed E-state index contributed by atoms with van der Waals surface area (Å²) >= 11 is 5.93. The molecule has 4 rings (SSSR count). The Kier molecular flexibility index (Phi) is 4.58. The van der Waals surface area contributed by atoms with E-state index in [1.54, 1.807) is 37.3 Å². The molecule has 27 heavy (non-hydrogen) atoms. The van der Waals surface area contributed by atoms with E-state index in [1.807, 2.05) is 0 Å². The van der Waals surface area contributed by atoms with Crippen molar-refractivity contribution in [2.45, 2.75) is 19.8 Å². The first-order valence-corrected chi connectivity index (χ1v) is 9.14. The van der Waals surface area contributed by atoms with Gasteiger partial charge in [0.15, 0.2) is 5.78 Å². The number of amides is 1. The van der Waals surface area contributed by atoms with Crippen molar-refractivity contribution in [2.24, 2.45) is 5.92 Å². The van der Waals surface area contributed by atoms with Crippen molar-refractivity contribution >= 4 is 23.3 Å². The molecule has 1 aromatic carbocycles. The molecular weight excluding hydrogens is 366 g/mol. The van der Waals surface area contributed by atoms with Crippen LogP contribution in [0.25, 0.3) is 11.3 Å². The van der Waals surface area contributed by atoms with Gasteiger partial charge in [0.1, 0.15) is 17.1 Å². The lowest BCUT2D eigenvalue weighted by Crippen LogP contribution is -2.25. The van der Waals surface area contributed by atoms with Crippen LogP contribution in [0.2, 0.25) is 5.02 Å². The third kappa shape index (κ3) is 3.66. The number of aryl methyl sites for hydroxylation is 1. The van der Waals surface area contributed by atoms with Gasteiger partial charge >= 0.3 is 0 Å². The van der Waals surface area contributed by atoms with Crippen molar-refractivity contribution in [1.29, 1.82) is 0 Å². The number of aromatic amines is 1. The Morgan fingerprint density at radius 3 is 2.74 bits per heavy atom. The lowest BCUT2D eigenvalue weighted by molar-refractivity contribution is 0.0947. The predicted molar refractivity (Wildman–Crippen MR) is 101 cm³/mol. The average Bonchev–Trinajstić information content (AvgIpc) is 3.21. The number of nitrogens with one attached hydrogen (secondary N) is 2. The number of hydrogen-bond donors (Lipinski definition) is 2. The molecule has 0 radical (unpaired) electrons. The largest absolute Gasteiger partial charge is 0.360 e. The van der Waals surface area contributed by atoms with Crippen molar-refractivity contribution in [3.63, 3.8) is 0 Å². The van der Waals surface area contributed by atoms with Crippen LogP contribution in [0.15, 0.2) is 41.1 Å². The molecule has 1 saturated carbocycles. The van der Waals surface area contributed by atoms with Gasteiger partial charge in [-0.25, -0.2) is 0 Å². The van der Waals surface area contributed by atoms with Gasteiger partial charge in [-0.2, -0.15) is 0 Å². The Morgan fingerprint density at radius 1 is 1.30 bits per heavy atom. The minimum absolute atomic E-state index is 0.207. The fourth-order valence-electron chi connectivity index (χ4n) is 2.90. The van der Waals surface area contributed by atoms with E-state index in [-0.39, 0.29) is 11.7 Å². The summed E-state index contributed by atoms with van der Waals surface area (Å²) in [5.41, 5.74) is 2.31. The van der Waals surface area contributed by atoms with E-state index in [0.29, 0.717) is 45.8 Å². The summed E-state index contributed by atoms with van der Waals surface area (Å²) in [7, 11) is 0. The highest BCUT2D eigenvalue weighted by Crippen LogP contribution is 2.29. The molecule has 1 aliphatic carbocycles. The molecule has 2 aromatic heterocycles. The Balaban J connectivity index is 1.59. The topological polar surface area (TPSA) is 88.0 Å². The second kappa shape index (κ2) is 7.04. The predicted octanol–water partition coefficient (Wildman–Crippen LogP) is 4.00. The molecule has 0 unspecified atom stereocenters. The van der Waals surface area contributed by atoms with E-state index in [4.69, 9.17) is 16.1 Å². The maximum Gasteiger partial charge on any atom is 0.267 e. The van der Waals surface area contributed by atoms with Crippen LogP contribution in [0.1, 0.15) is 45.0 Å². The Bertz CT molecular complexity index is 1000. The highest BCUT2D eigenvalue weighted by molar-refractivity contribution is 6.30. The number of nitrogens with zero attached hydrogens (tertiary/aromatic N) is 1. The lowest BCUT2D eigenvalue weighted by Gasteiger charge is -2.02. The number of benzene rings is 1. The fourth-order valence-corrected chi connectivity index (χ4v) is 3.03. The van der Waals surface area contributed by atoms with Gasteiger partial charge < -0.3 is 14.8 Å². The maximum atomic E-state index is 13.0. The van der Waals surface area contributed by atoms with Crippen LogP contribution in [0.5, 0.6) is 0 Å². The van der Waals surface area contributed by atoms with E-state index < -0.39 is 0 Å². The molecule has 7 heteroatoms. The molecule has 0 atom stereocenters.